The molecule has 3 rings (SSSR count). The van der Waals surface area contributed by atoms with Crippen LogP contribution in [0.3, 0.4) is 0 Å². The van der Waals surface area contributed by atoms with Crippen molar-refractivity contribution >= 4 is 23.6 Å². The van der Waals surface area contributed by atoms with Crippen LogP contribution >= 0.6 is 0 Å². The van der Waals surface area contributed by atoms with Crippen molar-refractivity contribution in [2.24, 2.45) is 0 Å². The van der Waals surface area contributed by atoms with Gasteiger partial charge in [-0.15, -0.1) is 0 Å². The first-order valence-corrected chi connectivity index (χ1v) is 10.7. The topological polar surface area (TPSA) is 154 Å². The number of dihydropyridines is 1. The summed E-state index contributed by atoms with van der Waals surface area (Å²) in [6.07, 6.45) is 0. The van der Waals surface area contributed by atoms with Gasteiger partial charge in [0.2, 0.25) is 0 Å². The number of methoxy groups -OCH3 is 1. The zero-order valence-corrected chi connectivity index (χ0v) is 19.8. The van der Waals surface area contributed by atoms with E-state index in [1.165, 1.54) is 25.3 Å². The predicted octanol–water partition coefficient (Wildman–Crippen LogP) is 3.21. The van der Waals surface area contributed by atoms with Crippen molar-refractivity contribution in [3.63, 3.8) is 0 Å². The molecule has 0 aromatic heterocycles. The van der Waals surface area contributed by atoms with Crippen LogP contribution in [0.4, 0.5) is 5.69 Å². The van der Waals surface area contributed by atoms with Crippen molar-refractivity contribution in [2.45, 2.75) is 26.4 Å². The zero-order valence-electron chi connectivity index (χ0n) is 19.8. The highest BCUT2D eigenvalue weighted by atomic mass is 16.6. The molecule has 0 saturated heterocycles. The van der Waals surface area contributed by atoms with E-state index in [0.717, 1.165) is 0 Å². The predicted molar refractivity (Wildman–Crippen MR) is 126 cm³/mol. The molecular formula is C25H24N2O9. The van der Waals surface area contributed by atoms with E-state index in [-0.39, 0.29) is 23.4 Å². The summed E-state index contributed by atoms with van der Waals surface area (Å²) in [4.78, 5) is 47.4. The molecule has 11 nitrogen and oxygen atoms in total. The summed E-state index contributed by atoms with van der Waals surface area (Å²) in [5, 5.41) is 23.1. The van der Waals surface area contributed by atoms with Crippen LogP contribution in [-0.2, 0) is 30.5 Å². The minimum Gasteiger partial charge on any atom is -0.482 e. The molecule has 1 aliphatic rings. The number of nitrogens with zero attached hydrogens (tertiary/aromatic N) is 1. The molecule has 0 saturated carbocycles. The molecule has 188 valence electrons. The fraction of sp³-hybridized carbons (Fsp3) is 0.240. The lowest BCUT2D eigenvalue weighted by molar-refractivity contribution is -0.384. The van der Waals surface area contributed by atoms with Crippen molar-refractivity contribution in [3.05, 3.63) is 92.3 Å². The van der Waals surface area contributed by atoms with Gasteiger partial charge in [-0.25, -0.2) is 14.4 Å². The van der Waals surface area contributed by atoms with Crippen LogP contribution in [0, 0.1) is 10.1 Å². The number of hydrogen-bond acceptors (Lipinski definition) is 9. The molecule has 2 N–H and O–H groups in total. The molecule has 0 spiro atoms. The largest absolute Gasteiger partial charge is 0.482 e. The van der Waals surface area contributed by atoms with Gasteiger partial charge in [-0.1, -0.05) is 24.3 Å². The van der Waals surface area contributed by atoms with E-state index in [2.05, 4.69) is 5.32 Å². The Morgan fingerprint density at radius 3 is 2.25 bits per heavy atom. The molecule has 1 atom stereocenters. The first-order valence-electron chi connectivity index (χ1n) is 10.7. The number of nitrogens with one attached hydrogen (secondary N) is 1. The number of carboxylic acids is 1. The maximum atomic E-state index is 13.3. The highest BCUT2D eigenvalue weighted by molar-refractivity contribution is 5.99. The molecule has 2 aromatic carbocycles. The van der Waals surface area contributed by atoms with Gasteiger partial charge in [0.25, 0.3) is 5.69 Å². The van der Waals surface area contributed by atoms with Gasteiger partial charge in [0.05, 0.1) is 29.1 Å². The lowest BCUT2D eigenvalue weighted by atomic mass is 9.80. The van der Waals surface area contributed by atoms with E-state index in [9.17, 15) is 24.5 Å². The van der Waals surface area contributed by atoms with Crippen LogP contribution < -0.4 is 10.1 Å². The summed E-state index contributed by atoms with van der Waals surface area (Å²) in [6, 6.07) is 12.0. The van der Waals surface area contributed by atoms with Crippen molar-refractivity contribution in [2.75, 3.05) is 13.7 Å². The first kappa shape index (κ1) is 25.9. The number of rotatable bonds is 9. The second-order valence-electron chi connectivity index (χ2n) is 7.88. The Bertz CT molecular complexity index is 1260. The van der Waals surface area contributed by atoms with Gasteiger partial charge < -0.3 is 24.6 Å². The van der Waals surface area contributed by atoms with Crippen molar-refractivity contribution < 1.29 is 38.6 Å². The molecule has 1 unspecified atom stereocenters. The molecule has 1 heterocycles. The van der Waals surface area contributed by atoms with E-state index in [0.29, 0.717) is 28.3 Å². The number of benzene rings is 2. The van der Waals surface area contributed by atoms with Crippen LogP contribution in [0.15, 0.2) is 71.1 Å². The van der Waals surface area contributed by atoms with Crippen LogP contribution in [0.2, 0.25) is 0 Å². The van der Waals surface area contributed by atoms with E-state index in [4.69, 9.17) is 19.3 Å². The normalized spacial score (nSPS) is 15.1. The Morgan fingerprint density at radius 2 is 1.67 bits per heavy atom. The Kier molecular flexibility index (Phi) is 8.05. The molecular weight excluding hydrogens is 472 g/mol. The van der Waals surface area contributed by atoms with Gasteiger partial charge in [0, 0.05) is 23.5 Å². The number of non-ortho nitro benzene ring substituents is 1. The lowest BCUT2D eigenvalue weighted by Gasteiger charge is -2.30. The number of carbonyl (C=O) groups excluding carboxylic acids is 2. The third-order valence-electron chi connectivity index (χ3n) is 5.46. The number of nitro groups is 1. The van der Waals surface area contributed by atoms with Crippen molar-refractivity contribution in [3.8, 4) is 5.75 Å². The van der Waals surface area contributed by atoms with E-state index >= 15 is 0 Å². The van der Waals surface area contributed by atoms with Crippen LogP contribution in [0.25, 0.3) is 0 Å². The maximum absolute atomic E-state index is 13.3. The number of carboxylic acid groups (broad SMARTS) is 1. The fourth-order valence-electron chi connectivity index (χ4n) is 3.85. The quantitative estimate of drug-likeness (QED) is 0.300. The monoisotopic (exact) mass is 496 g/mol. The highest BCUT2D eigenvalue weighted by Crippen LogP contribution is 2.40. The average molecular weight is 496 g/mol. The smallest absolute Gasteiger partial charge is 0.341 e. The van der Waals surface area contributed by atoms with Crippen molar-refractivity contribution in [1.82, 2.24) is 5.32 Å². The van der Waals surface area contributed by atoms with Crippen LogP contribution in [-0.4, -0.2) is 41.7 Å². The van der Waals surface area contributed by atoms with Gasteiger partial charge in [-0.3, -0.25) is 10.1 Å². The highest BCUT2D eigenvalue weighted by Gasteiger charge is 2.38. The van der Waals surface area contributed by atoms with E-state index in [1.807, 2.05) is 0 Å². The third kappa shape index (κ3) is 5.87. The molecule has 11 heteroatoms. The summed E-state index contributed by atoms with van der Waals surface area (Å²) < 4.78 is 15.5. The van der Waals surface area contributed by atoms with Crippen LogP contribution in [0.1, 0.15) is 30.9 Å². The van der Waals surface area contributed by atoms with Gasteiger partial charge in [0.1, 0.15) is 12.4 Å². The van der Waals surface area contributed by atoms with Gasteiger partial charge in [-0.2, -0.15) is 0 Å². The third-order valence-corrected chi connectivity index (χ3v) is 5.46. The second-order valence-corrected chi connectivity index (χ2v) is 7.88. The summed E-state index contributed by atoms with van der Waals surface area (Å²) >= 11 is 0. The number of nitro benzene ring substituents is 1. The maximum Gasteiger partial charge on any atom is 0.341 e. The second kappa shape index (κ2) is 11.2. The minimum atomic E-state index is -1.10. The molecule has 0 aliphatic carbocycles. The number of aliphatic carboxylic acids is 1. The van der Waals surface area contributed by atoms with Crippen LogP contribution in [0.5, 0.6) is 5.75 Å². The van der Waals surface area contributed by atoms with E-state index < -0.39 is 35.4 Å². The lowest BCUT2D eigenvalue weighted by Crippen LogP contribution is -2.32. The number of allylic oxidation sites excluding steroid dienone is 2. The molecule has 1 aliphatic heterocycles. The fourth-order valence-corrected chi connectivity index (χ4v) is 3.85. The SMILES string of the molecule is COC(=O)C1=C(C)NC(C)=C(C(=O)OCc2ccc(OCC(=O)O)cc2)C1c1cccc([N+](=O)[O-])c1. The molecule has 36 heavy (non-hydrogen) atoms. The average Bonchev–Trinajstić information content (AvgIpc) is 2.85. The summed E-state index contributed by atoms with van der Waals surface area (Å²) in [7, 11) is 1.21. The Balaban J connectivity index is 1.90. The number of carbonyl (C=O) groups is 3. The number of hydrogen-bond donors (Lipinski definition) is 2. The first-order chi connectivity index (χ1) is 17.1. The minimum absolute atomic E-state index is 0.114. The summed E-state index contributed by atoms with van der Waals surface area (Å²) in [5.74, 6) is -3.14. The van der Waals surface area contributed by atoms with E-state index in [1.54, 1.807) is 44.2 Å². The van der Waals surface area contributed by atoms with Crippen molar-refractivity contribution in [1.29, 1.82) is 0 Å². The Morgan fingerprint density at radius 1 is 1.03 bits per heavy atom. The molecule has 0 radical (unpaired) electrons. The zero-order chi connectivity index (χ0) is 26.4. The molecule has 0 bridgehead atoms. The molecule has 0 fully saturated rings. The van der Waals surface area contributed by atoms with Gasteiger partial charge in [-0.05, 0) is 37.1 Å². The number of esters is 2. The number of ether oxygens (including phenoxy) is 3. The summed E-state index contributed by atoms with van der Waals surface area (Å²) in [6.45, 7) is 2.69. The summed E-state index contributed by atoms with van der Waals surface area (Å²) in [5.41, 5.74) is 1.90. The van der Waals surface area contributed by atoms with Gasteiger partial charge in [0.15, 0.2) is 6.61 Å². The Hall–Kier alpha value is -4.67. The Labute approximate surface area is 206 Å². The molecule has 0 amide bonds. The molecule has 2 aromatic rings. The standard InChI is InChI=1S/C25H24N2O9/c1-14-21(24(30)34-3)23(17-5-4-6-18(11-17)27(32)33)22(15(2)26-14)25(31)36-12-16-7-9-19(10-8-16)35-13-20(28)29/h4-11,23,26H,12-13H2,1-3H3,(H,28,29). The van der Waals surface area contributed by atoms with Gasteiger partial charge >= 0.3 is 17.9 Å².